The lowest BCUT2D eigenvalue weighted by molar-refractivity contribution is -0.117. The fraction of sp³-hybridized carbons (Fsp3) is 0.522. The Bertz CT molecular complexity index is 946. The maximum atomic E-state index is 12.7. The number of amides is 1. The summed E-state index contributed by atoms with van der Waals surface area (Å²) in [4.78, 5) is 17.1. The van der Waals surface area contributed by atoms with Crippen molar-refractivity contribution in [3.63, 3.8) is 0 Å². The van der Waals surface area contributed by atoms with Crippen LogP contribution >= 0.6 is 0 Å². The SMILES string of the molecule is CCOc1cc2c(cc1/C=C/C(=O)NC(c1nc(C3CC3)no1)C(C)C)OC(C)C2. The third-order valence-corrected chi connectivity index (χ3v) is 5.37. The lowest BCUT2D eigenvalue weighted by atomic mass is 10.0. The van der Waals surface area contributed by atoms with Crippen molar-refractivity contribution in [2.75, 3.05) is 6.61 Å². The molecule has 1 fully saturated rings. The van der Waals surface area contributed by atoms with Crippen LogP contribution in [0.2, 0.25) is 0 Å². The van der Waals surface area contributed by atoms with Gasteiger partial charge in [-0.3, -0.25) is 4.79 Å². The third-order valence-electron chi connectivity index (χ3n) is 5.37. The molecule has 2 aromatic rings. The molecule has 1 aromatic heterocycles. The van der Waals surface area contributed by atoms with E-state index in [1.807, 2.05) is 39.8 Å². The van der Waals surface area contributed by atoms with E-state index < -0.39 is 0 Å². The molecule has 4 rings (SSSR count). The van der Waals surface area contributed by atoms with E-state index in [0.717, 1.165) is 47.7 Å². The average molecular weight is 412 g/mol. The highest BCUT2D eigenvalue weighted by atomic mass is 16.5. The van der Waals surface area contributed by atoms with Crippen molar-refractivity contribution in [2.24, 2.45) is 5.92 Å². The summed E-state index contributed by atoms with van der Waals surface area (Å²) in [5.74, 6) is 3.11. The molecule has 0 bridgehead atoms. The molecule has 1 N–H and O–H groups in total. The summed E-state index contributed by atoms with van der Waals surface area (Å²) in [6.45, 7) is 8.57. The fourth-order valence-electron chi connectivity index (χ4n) is 3.63. The summed E-state index contributed by atoms with van der Waals surface area (Å²) in [5, 5.41) is 7.06. The van der Waals surface area contributed by atoms with Crippen molar-refractivity contribution in [3.05, 3.63) is 41.1 Å². The van der Waals surface area contributed by atoms with Crippen molar-refractivity contribution in [1.82, 2.24) is 15.5 Å². The van der Waals surface area contributed by atoms with Crippen LogP contribution < -0.4 is 14.8 Å². The molecule has 2 aliphatic rings. The largest absolute Gasteiger partial charge is 0.493 e. The molecule has 0 saturated heterocycles. The van der Waals surface area contributed by atoms with E-state index in [4.69, 9.17) is 14.0 Å². The molecule has 30 heavy (non-hydrogen) atoms. The van der Waals surface area contributed by atoms with Gasteiger partial charge in [-0.05, 0) is 50.8 Å². The van der Waals surface area contributed by atoms with Crippen molar-refractivity contribution < 1.29 is 18.8 Å². The van der Waals surface area contributed by atoms with Crippen LogP contribution in [0.15, 0.2) is 22.7 Å². The molecule has 0 radical (unpaired) electrons. The second kappa shape index (κ2) is 8.50. The lowest BCUT2D eigenvalue weighted by Crippen LogP contribution is -2.30. The summed E-state index contributed by atoms with van der Waals surface area (Å²) in [6.07, 6.45) is 6.49. The number of carbonyl (C=O) groups is 1. The molecule has 1 amide bonds. The van der Waals surface area contributed by atoms with Crippen LogP contribution in [0.1, 0.15) is 75.3 Å². The van der Waals surface area contributed by atoms with Gasteiger partial charge in [0.15, 0.2) is 5.82 Å². The average Bonchev–Trinajstić information content (AvgIpc) is 3.32. The molecule has 2 unspecified atom stereocenters. The van der Waals surface area contributed by atoms with Gasteiger partial charge < -0.3 is 19.3 Å². The summed E-state index contributed by atoms with van der Waals surface area (Å²) < 4.78 is 17.1. The van der Waals surface area contributed by atoms with Crippen LogP contribution in [0.25, 0.3) is 6.08 Å². The van der Waals surface area contributed by atoms with Gasteiger partial charge in [-0.25, -0.2) is 0 Å². The minimum atomic E-state index is -0.335. The second-order valence-corrected chi connectivity index (χ2v) is 8.39. The van der Waals surface area contributed by atoms with E-state index in [2.05, 4.69) is 15.5 Å². The predicted molar refractivity (Wildman–Crippen MR) is 112 cm³/mol. The Morgan fingerprint density at radius 1 is 1.37 bits per heavy atom. The first-order valence-corrected chi connectivity index (χ1v) is 10.7. The summed E-state index contributed by atoms with van der Waals surface area (Å²) >= 11 is 0. The number of fused-ring (bicyclic) bond motifs is 1. The van der Waals surface area contributed by atoms with E-state index in [0.29, 0.717) is 18.4 Å². The van der Waals surface area contributed by atoms with Gasteiger partial charge in [0.25, 0.3) is 0 Å². The first-order valence-electron chi connectivity index (χ1n) is 10.7. The van der Waals surface area contributed by atoms with Crippen LogP contribution in [-0.2, 0) is 11.2 Å². The highest BCUT2D eigenvalue weighted by Crippen LogP contribution is 2.39. The minimum absolute atomic E-state index is 0.115. The summed E-state index contributed by atoms with van der Waals surface area (Å²) in [6, 6.07) is 3.61. The number of nitrogens with zero attached hydrogens (tertiary/aromatic N) is 2. The highest BCUT2D eigenvalue weighted by Gasteiger charge is 2.31. The molecular formula is C23H29N3O4. The Balaban J connectivity index is 1.48. The van der Waals surface area contributed by atoms with Gasteiger partial charge in [-0.15, -0.1) is 0 Å². The number of carbonyl (C=O) groups excluding carboxylic acids is 1. The Morgan fingerprint density at radius 2 is 2.17 bits per heavy atom. The first kappa shape index (κ1) is 20.4. The molecule has 1 aliphatic heterocycles. The molecule has 7 nitrogen and oxygen atoms in total. The first-order chi connectivity index (χ1) is 14.4. The van der Waals surface area contributed by atoms with E-state index in [9.17, 15) is 4.79 Å². The Morgan fingerprint density at radius 3 is 2.87 bits per heavy atom. The quantitative estimate of drug-likeness (QED) is 0.655. The van der Waals surface area contributed by atoms with Crippen molar-refractivity contribution in [2.45, 2.75) is 65.0 Å². The molecule has 2 atom stereocenters. The number of rotatable bonds is 8. The molecule has 160 valence electrons. The van der Waals surface area contributed by atoms with Crippen molar-refractivity contribution in [1.29, 1.82) is 0 Å². The van der Waals surface area contributed by atoms with E-state index in [-0.39, 0.29) is 24.0 Å². The molecule has 7 heteroatoms. The highest BCUT2D eigenvalue weighted by molar-refractivity contribution is 5.92. The Labute approximate surface area is 176 Å². The Kier molecular flexibility index (Phi) is 5.79. The Hall–Kier alpha value is -2.83. The summed E-state index contributed by atoms with van der Waals surface area (Å²) in [5.41, 5.74) is 1.95. The molecule has 0 spiro atoms. The predicted octanol–water partition coefficient (Wildman–Crippen LogP) is 4.20. The van der Waals surface area contributed by atoms with Crippen LogP contribution in [0.4, 0.5) is 0 Å². The topological polar surface area (TPSA) is 86.5 Å². The van der Waals surface area contributed by atoms with Gasteiger partial charge in [-0.2, -0.15) is 4.98 Å². The number of hydrogen-bond donors (Lipinski definition) is 1. The van der Waals surface area contributed by atoms with Crippen LogP contribution in [-0.4, -0.2) is 28.8 Å². The zero-order valence-electron chi connectivity index (χ0n) is 18.0. The lowest BCUT2D eigenvalue weighted by Gasteiger charge is -2.17. The smallest absolute Gasteiger partial charge is 0.249 e. The third kappa shape index (κ3) is 4.50. The van der Waals surface area contributed by atoms with Crippen molar-refractivity contribution in [3.8, 4) is 11.5 Å². The zero-order valence-corrected chi connectivity index (χ0v) is 18.0. The van der Waals surface area contributed by atoms with Crippen LogP contribution in [0, 0.1) is 5.92 Å². The summed E-state index contributed by atoms with van der Waals surface area (Å²) in [7, 11) is 0. The van der Waals surface area contributed by atoms with Crippen molar-refractivity contribution >= 4 is 12.0 Å². The molecule has 1 aromatic carbocycles. The monoisotopic (exact) mass is 411 g/mol. The molecule has 1 saturated carbocycles. The molecule has 1 aliphatic carbocycles. The molecule has 2 heterocycles. The van der Waals surface area contributed by atoms with Gasteiger partial charge in [-0.1, -0.05) is 19.0 Å². The normalized spacial score (nSPS) is 19.0. The van der Waals surface area contributed by atoms with Gasteiger partial charge >= 0.3 is 0 Å². The van der Waals surface area contributed by atoms with Gasteiger partial charge in [0.2, 0.25) is 11.8 Å². The number of benzene rings is 1. The molecular weight excluding hydrogens is 382 g/mol. The van der Waals surface area contributed by atoms with Crippen LogP contribution in [0.5, 0.6) is 11.5 Å². The van der Waals surface area contributed by atoms with Gasteiger partial charge in [0, 0.05) is 29.5 Å². The van der Waals surface area contributed by atoms with Gasteiger partial charge in [0.05, 0.1) is 6.61 Å². The number of aromatic nitrogens is 2. The second-order valence-electron chi connectivity index (χ2n) is 8.39. The zero-order chi connectivity index (χ0) is 21.3. The van der Waals surface area contributed by atoms with E-state index in [1.54, 1.807) is 6.08 Å². The van der Waals surface area contributed by atoms with Gasteiger partial charge in [0.1, 0.15) is 23.6 Å². The maximum absolute atomic E-state index is 12.7. The standard InChI is InChI=1S/C23H29N3O4/c1-5-28-18-12-17-10-14(4)29-19(17)11-16(18)8-9-20(27)24-21(13(2)3)23-25-22(26-30-23)15-6-7-15/h8-9,11-15,21H,5-7,10H2,1-4H3,(H,24,27)/b9-8+. The van der Waals surface area contributed by atoms with E-state index in [1.165, 1.54) is 6.08 Å². The number of ether oxygens (including phenoxy) is 2. The number of hydrogen-bond acceptors (Lipinski definition) is 6. The number of nitrogens with one attached hydrogen (secondary N) is 1. The maximum Gasteiger partial charge on any atom is 0.249 e. The minimum Gasteiger partial charge on any atom is -0.493 e. The van der Waals surface area contributed by atoms with E-state index >= 15 is 0 Å². The van der Waals surface area contributed by atoms with Crippen LogP contribution in [0.3, 0.4) is 0 Å². The fourth-order valence-corrected chi connectivity index (χ4v) is 3.63.